The molecule has 4 N–H and O–H groups in total. The minimum atomic E-state index is 0. The summed E-state index contributed by atoms with van der Waals surface area (Å²) >= 11 is 0. The van der Waals surface area contributed by atoms with Crippen molar-refractivity contribution in [3.8, 4) is 0 Å². The Morgan fingerprint density at radius 1 is 0.302 bits per heavy atom. The van der Waals surface area contributed by atoms with Gasteiger partial charge < -0.3 is 14.5 Å². The highest BCUT2D eigenvalue weighted by Gasteiger charge is 1.61. The summed E-state index contributed by atoms with van der Waals surface area (Å²) in [5.41, 5.74) is 0. The normalized spacial score (nSPS) is 8.37. The zero-order chi connectivity index (χ0) is 29.7. The largest absolute Gasteiger partial charge is 0.412 e. The molecular weight excluding hydrogens is 583 g/mol. The third-order valence-electron chi connectivity index (χ3n) is 4.32. The van der Waals surface area contributed by atoms with Gasteiger partial charge in [-0.25, -0.2) is 0 Å². The highest BCUT2D eigenvalue weighted by atomic mass is 31.1. The van der Waals surface area contributed by atoms with E-state index in [9.17, 15) is 0 Å². The molecule has 0 spiro atoms. The summed E-state index contributed by atoms with van der Waals surface area (Å²) in [5.74, 6) is 0. The van der Waals surface area contributed by atoms with Crippen molar-refractivity contribution in [3.63, 3.8) is 0 Å². The number of benzene rings is 6. The van der Waals surface area contributed by atoms with Crippen molar-refractivity contribution in [1.29, 1.82) is 0 Å². The van der Waals surface area contributed by atoms with Crippen LogP contribution in [0.5, 0.6) is 0 Å². The fraction of sp³-hybridized carbons (Fsp3) is 0. The minimum absolute atomic E-state index is 0. The Labute approximate surface area is 262 Å². The van der Waals surface area contributed by atoms with Crippen molar-refractivity contribution >= 4 is 25.5 Å². The van der Waals surface area contributed by atoms with Gasteiger partial charge in [-0.05, 0) is 0 Å². The van der Waals surface area contributed by atoms with Crippen LogP contribution < -0.4 is 0 Å². The van der Waals surface area contributed by atoms with E-state index in [1.165, 1.54) is 0 Å². The molecule has 7 heteroatoms. The van der Waals surface area contributed by atoms with Crippen molar-refractivity contribution in [2.45, 2.75) is 0 Å². The molecule has 0 aliphatic rings. The number of rotatable bonds is 0. The van der Waals surface area contributed by atoms with Crippen LogP contribution in [0.25, 0.3) is 0 Å². The van der Waals surface area contributed by atoms with Crippen molar-refractivity contribution in [2.75, 3.05) is 0 Å². The van der Waals surface area contributed by atoms with Crippen LogP contribution in [0.1, 0.15) is 0 Å². The predicted molar refractivity (Wildman–Crippen MR) is 194 cm³/mol. The molecular formula is C36H42N3OP3. The summed E-state index contributed by atoms with van der Waals surface area (Å²) in [7, 11) is 2.36. The van der Waals surface area contributed by atoms with E-state index in [4.69, 9.17) is 0 Å². The van der Waals surface area contributed by atoms with Crippen LogP contribution in [-0.4, -0.2) is 19.0 Å². The van der Waals surface area contributed by atoms with Crippen LogP contribution in [0.2, 0.25) is 0 Å². The second-order valence-electron chi connectivity index (χ2n) is 7.60. The van der Waals surface area contributed by atoms with Crippen LogP contribution in [0.3, 0.4) is 0 Å². The van der Waals surface area contributed by atoms with Gasteiger partial charge in [0.15, 0.2) is 0 Å². The maximum atomic E-state index is 3.96. The first-order valence-electron chi connectivity index (χ1n) is 13.4. The van der Waals surface area contributed by atoms with Gasteiger partial charge in [0, 0.05) is 17.0 Å². The first kappa shape index (κ1) is 38.6. The fourth-order valence-electron chi connectivity index (χ4n) is 2.47. The summed E-state index contributed by atoms with van der Waals surface area (Å²) in [4.78, 5) is 0. The maximum absolute atomic E-state index is 3.96. The molecule has 0 saturated heterocycles. The molecule has 0 radical (unpaired) electrons. The Bertz CT molecular complexity index is 851. The molecule has 2 unspecified atom stereocenters. The molecule has 2 atom stereocenters. The quantitative estimate of drug-likeness (QED) is 0.173. The van der Waals surface area contributed by atoms with Crippen LogP contribution >= 0.6 is 25.5 Å². The lowest BCUT2D eigenvalue weighted by molar-refractivity contribution is 0.824. The maximum Gasteiger partial charge on any atom is 0.138 e. The summed E-state index contributed by atoms with van der Waals surface area (Å²) in [6.45, 7) is 0. The molecule has 43 heavy (non-hydrogen) atoms. The van der Waals surface area contributed by atoms with E-state index in [2.05, 4.69) is 13.5 Å². The Hall–Kier alpha value is -4.42. The Balaban J connectivity index is 0.000000477. The Morgan fingerprint density at radius 2 is 0.465 bits per heavy atom. The molecule has 0 bridgehead atoms. The van der Waals surface area contributed by atoms with Gasteiger partial charge >= 0.3 is 0 Å². The standard InChI is InChI=1S/6C6H6.H4N3P3.H2O/c6*1-2-4-6-5-3-1;1-4-2-6-3-5-1;/h6*1-6H;1,4-5H,(H,2,3);1H2. The fourth-order valence-corrected chi connectivity index (χ4v) is 5.12. The SMILES string of the molecule is O.c1ccccc1.c1ccccc1.c1ccccc1.c1ccccc1.c1ccccc1.c1ccccc1.n1p[nH][pH][nH][pH]1. The molecule has 6 aromatic carbocycles. The van der Waals surface area contributed by atoms with E-state index < -0.39 is 0 Å². The lowest BCUT2D eigenvalue weighted by atomic mass is 10.4. The monoisotopic (exact) mass is 625 g/mol. The number of hydrogen-bond acceptors (Lipinski definition) is 1. The summed E-state index contributed by atoms with van der Waals surface area (Å²) in [6.07, 6.45) is 0. The highest BCUT2D eigenvalue weighted by Crippen LogP contribution is 2.01. The van der Waals surface area contributed by atoms with E-state index >= 15 is 0 Å². The number of hydrogen-bond donors (Lipinski definition) is 2. The Kier molecular flexibility index (Phi) is 31.9. The predicted octanol–water partition coefficient (Wildman–Crippen LogP) is 10.8. The average molecular weight is 626 g/mol. The van der Waals surface area contributed by atoms with Crippen LogP contribution in [0.4, 0.5) is 0 Å². The van der Waals surface area contributed by atoms with Gasteiger partial charge in [0.2, 0.25) is 0 Å². The van der Waals surface area contributed by atoms with Gasteiger partial charge in [0.05, 0.1) is 0 Å². The third kappa shape index (κ3) is 33.7. The van der Waals surface area contributed by atoms with Crippen LogP contribution in [0.15, 0.2) is 218 Å². The minimum Gasteiger partial charge on any atom is -0.412 e. The molecule has 0 aliphatic carbocycles. The molecule has 0 saturated carbocycles. The first-order chi connectivity index (χ1) is 21.0. The van der Waals surface area contributed by atoms with E-state index in [1.807, 2.05) is 218 Å². The average Bonchev–Trinajstić information content (AvgIpc) is 3.15. The van der Waals surface area contributed by atoms with E-state index in [-0.39, 0.29) is 5.48 Å². The van der Waals surface area contributed by atoms with E-state index in [0.717, 1.165) is 8.51 Å². The van der Waals surface area contributed by atoms with Crippen molar-refractivity contribution in [1.82, 2.24) is 13.5 Å². The zero-order valence-electron chi connectivity index (χ0n) is 24.2. The van der Waals surface area contributed by atoms with Gasteiger partial charge in [-0.3, -0.25) is 0 Å². The van der Waals surface area contributed by atoms with Gasteiger partial charge in [-0.15, -0.1) is 0 Å². The molecule has 7 rings (SSSR count). The molecule has 1 aromatic heterocycles. The third-order valence-corrected chi connectivity index (χ3v) is 6.92. The molecule has 4 nitrogen and oxygen atoms in total. The van der Waals surface area contributed by atoms with Gasteiger partial charge in [0.25, 0.3) is 0 Å². The summed E-state index contributed by atoms with van der Waals surface area (Å²) in [5, 5.41) is 0. The van der Waals surface area contributed by atoms with Crippen molar-refractivity contribution < 1.29 is 5.48 Å². The lowest BCUT2D eigenvalue weighted by Gasteiger charge is -1.75. The number of aromatic nitrogens is 3. The molecule has 1 heterocycles. The Morgan fingerprint density at radius 3 is 0.512 bits per heavy atom. The van der Waals surface area contributed by atoms with Gasteiger partial charge in [0.1, 0.15) is 8.51 Å². The smallest absolute Gasteiger partial charge is 0.138 e. The first-order valence-corrected chi connectivity index (χ1v) is 16.2. The highest BCUT2D eigenvalue weighted by molar-refractivity contribution is 7.43. The molecule has 7 aromatic rings. The molecule has 0 aliphatic heterocycles. The zero-order valence-corrected chi connectivity index (χ0v) is 27.1. The van der Waals surface area contributed by atoms with Crippen molar-refractivity contribution in [3.05, 3.63) is 218 Å². The van der Waals surface area contributed by atoms with Gasteiger partial charge in [-0.2, -0.15) is 4.51 Å². The lowest BCUT2D eigenvalue weighted by Crippen LogP contribution is -1.47. The molecule has 222 valence electrons. The summed E-state index contributed by atoms with van der Waals surface area (Å²) in [6, 6.07) is 72.0. The van der Waals surface area contributed by atoms with Crippen molar-refractivity contribution in [2.24, 2.45) is 0 Å². The second kappa shape index (κ2) is 35.6. The van der Waals surface area contributed by atoms with Crippen LogP contribution in [0, 0.1) is 0 Å². The topological polar surface area (TPSA) is 76.0 Å². The second-order valence-corrected chi connectivity index (χ2v) is 11.0. The number of nitrogens with zero attached hydrogens (tertiary/aromatic N) is 1. The van der Waals surface area contributed by atoms with Gasteiger partial charge in [-0.1, -0.05) is 218 Å². The number of nitrogens with one attached hydrogen (secondary N) is 2. The molecule has 0 fully saturated rings. The van der Waals surface area contributed by atoms with Crippen LogP contribution in [-0.2, 0) is 0 Å². The number of H-pyrrole nitrogens is 2. The summed E-state index contributed by atoms with van der Waals surface area (Å²) < 4.78 is 10.0. The number of aromatic amines is 2. The molecule has 0 amide bonds. The van der Waals surface area contributed by atoms with E-state index in [1.54, 1.807) is 0 Å². The van der Waals surface area contributed by atoms with E-state index in [0.29, 0.717) is 17.0 Å².